The highest BCUT2D eigenvalue weighted by Crippen LogP contribution is 2.24. The van der Waals surface area contributed by atoms with E-state index in [9.17, 15) is 5.11 Å². The maximum Gasteiger partial charge on any atom is 0.0638 e. The van der Waals surface area contributed by atoms with E-state index >= 15 is 0 Å². The molecular weight excluding hydrogens is 212 g/mol. The Morgan fingerprint density at radius 1 is 1.29 bits per heavy atom. The van der Waals surface area contributed by atoms with E-state index in [0.29, 0.717) is 6.04 Å². The lowest BCUT2D eigenvalue weighted by atomic mass is 9.94. The number of likely N-dealkylation sites (N-methyl/N-ethyl adjacent to an activating group) is 1. The lowest BCUT2D eigenvalue weighted by molar-refractivity contribution is 0.124. The second kappa shape index (κ2) is 8.06. The predicted molar refractivity (Wildman–Crippen MR) is 73.2 cm³/mol. The summed E-state index contributed by atoms with van der Waals surface area (Å²) in [7, 11) is 2.13. The summed E-state index contributed by atoms with van der Waals surface area (Å²) in [6.07, 6.45) is 6.56. The molecule has 0 spiro atoms. The molecule has 0 aromatic carbocycles. The van der Waals surface area contributed by atoms with Crippen molar-refractivity contribution >= 4 is 0 Å². The smallest absolute Gasteiger partial charge is 0.0638 e. The third kappa shape index (κ3) is 5.84. The van der Waals surface area contributed by atoms with E-state index < -0.39 is 0 Å². The van der Waals surface area contributed by atoms with Gasteiger partial charge in [-0.25, -0.2) is 0 Å². The fraction of sp³-hybridized carbons (Fsp3) is 1.00. The first-order valence-corrected chi connectivity index (χ1v) is 7.23. The van der Waals surface area contributed by atoms with Gasteiger partial charge >= 0.3 is 0 Å². The van der Waals surface area contributed by atoms with Gasteiger partial charge in [-0.3, -0.25) is 0 Å². The Bertz CT molecular complexity index is 197. The van der Waals surface area contributed by atoms with E-state index in [1.54, 1.807) is 0 Å². The van der Waals surface area contributed by atoms with E-state index in [1.165, 1.54) is 32.1 Å². The van der Waals surface area contributed by atoms with Crippen molar-refractivity contribution in [1.82, 2.24) is 10.2 Å². The third-order valence-electron chi connectivity index (χ3n) is 3.75. The summed E-state index contributed by atoms with van der Waals surface area (Å²) in [5.41, 5.74) is 0. The molecule has 1 aliphatic carbocycles. The molecule has 0 aromatic rings. The minimum absolute atomic E-state index is 0.219. The second-order valence-corrected chi connectivity index (χ2v) is 5.63. The normalized spacial score (nSPS) is 28.1. The summed E-state index contributed by atoms with van der Waals surface area (Å²) in [6, 6.07) is 0.680. The quantitative estimate of drug-likeness (QED) is 0.698. The highest BCUT2D eigenvalue weighted by atomic mass is 16.3. The summed E-state index contributed by atoms with van der Waals surface area (Å²) in [5.74, 6) is 0.751. The van der Waals surface area contributed by atoms with Crippen LogP contribution in [0.25, 0.3) is 0 Å². The lowest BCUT2D eigenvalue weighted by Gasteiger charge is -2.30. The number of nitrogens with zero attached hydrogens (tertiary/aromatic N) is 1. The molecule has 0 aliphatic heterocycles. The number of hydrogen-bond donors (Lipinski definition) is 2. The van der Waals surface area contributed by atoms with Crippen molar-refractivity contribution in [3.05, 3.63) is 0 Å². The molecule has 0 amide bonds. The van der Waals surface area contributed by atoms with Crippen molar-refractivity contribution in [2.75, 3.05) is 26.7 Å². The number of rotatable bonds is 6. The molecule has 3 heteroatoms. The Hall–Kier alpha value is -0.120. The fourth-order valence-electron chi connectivity index (χ4n) is 3.06. The molecule has 17 heavy (non-hydrogen) atoms. The van der Waals surface area contributed by atoms with Crippen LogP contribution in [0.3, 0.4) is 0 Å². The zero-order valence-corrected chi connectivity index (χ0v) is 11.8. The molecular formula is C14H30N2O. The maximum absolute atomic E-state index is 9.42. The van der Waals surface area contributed by atoms with Crippen LogP contribution >= 0.6 is 0 Å². The van der Waals surface area contributed by atoms with Crippen molar-refractivity contribution in [2.24, 2.45) is 5.92 Å². The average molecular weight is 242 g/mol. The largest absolute Gasteiger partial charge is 0.392 e. The Kier molecular flexibility index (Phi) is 7.09. The molecule has 0 radical (unpaired) electrons. The minimum atomic E-state index is -0.219. The lowest BCUT2D eigenvalue weighted by Crippen LogP contribution is -2.42. The van der Waals surface area contributed by atoms with Gasteiger partial charge in [0.05, 0.1) is 6.10 Å². The molecule has 1 aliphatic rings. The zero-order chi connectivity index (χ0) is 12.7. The van der Waals surface area contributed by atoms with Crippen LogP contribution < -0.4 is 5.32 Å². The highest BCUT2D eigenvalue weighted by Gasteiger charge is 2.24. The Balaban J connectivity index is 2.44. The summed E-state index contributed by atoms with van der Waals surface area (Å²) < 4.78 is 0. The van der Waals surface area contributed by atoms with Gasteiger partial charge in [-0.2, -0.15) is 0 Å². The molecule has 0 aromatic heterocycles. The molecule has 1 fully saturated rings. The summed E-state index contributed by atoms with van der Waals surface area (Å²) >= 11 is 0. The molecule has 1 rings (SSSR count). The van der Waals surface area contributed by atoms with Crippen LogP contribution in [0, 0.1) is 5.92 Å². The SMILES string of the molecule is CCNC1CCCCCC1CN(C)CC(C)O. The first-order chi connectivity index (χ1) is 8.13. The molecule has 0 saturated heterocycles. The van der Waals surface area contributed by atoms with Gasteiger partial charge in [0.2, 0.25) is 0 Å². The van der Waals surface area contributed by atoms with Crippen LogP contribution in [0.1, 0.15) is 46.0 Å². The monoisotopic (exact) mass is 242 g/mol. The second-order valence-electron chi connectivity index (χ2n) is 5.63. The molecule has 3 nitrogen and oxygen atoms in total. The van der Waals surface area contributed by atoms with Gasteiger partial charge in [-0.05, 0) is 39.3 Å². The molecule has 0 heterocycles. The van der Waals surface area contributed by atoms with Gasteiger partial charge in [0.1, 0.15) is 0 Å². The minimum Gasteiger partial charge on any atom is -0.392 e. The van der Waals surface area contributed by atoms with E-state index in [1.807, 2.05) is 6.92 Å². The van der Waals surface area contributed by atoms with Gasteiger partial charge in [0.25, 0.3) is 0 Å². The maximum atomic E-state index is 9.42. The third-order valence-corrected chi connectivity index (χ3v) is 3.75. The van der Waals surface area contributed by atoms with Crippen molar-refractivity contribution in [3.8, 4) is 0 Å². The summed E-state index contributed by atoms with van der Waals surface area (Å²) in [6.45, 7) is 7.03. The van der Waals surface area contributed by atoms with E-state index in [2.05, 4.69) is 24.2 Å². The Labute approximate surface area is 107 Å². The molecule has 1 saturated carbocycles. The fourth-order valence-corrected chi connectivity index (χ4v) is 3.06. The first kappa shape index (κ1) is 14.9. The van der Waals surface area contributed by atoms with Gasteiger partial charge in [-0.1, -0.05) is 26.2 Å². The van der Waals surface area contributed by atoms with Crippen LogP contribution in [-0.4, -0.2) is 48.8 Å². The van der Waals surface area contributed by atoms with Gasteiger partial charge in [-0.15, -0.1) is 0 Å². The molecule has 102 valence electrons. The average Bonchev–Trinajstić information content (AvgIpc) is 2.44. The topological polar surface area (TPSA) is 35.5 Å². The molecule has 3 unspecified atom stereocenters. The number of nitrogens with one attached hydrogen (secondary N) is 1. The zero-order valence-electron chi connectivity index (χ0n) is 11.8. The molecule has 0 bridgehead atoms. The van der Waals surface area contributed by atoms with Gasteiger partial charge in [0, 0.05) is 19.1 Å². The molecule has 3 atom stereocenters. The highest BCUT2D eigenvalue weighted by molar-refractivity contribution is 4.81. The number of aliphatic hydroxyl groups excluding tert-OH is 1. The van der Waals surface area contributed by atoms with Gasteiger partial charge in [0.15, 0.2) is 0 Å². The first-order valence-electron chi connectivity index (χ1n) is 7.23. The van der Waals surface area contributed by atoms with Gasteiger partial charge < -0.3 is 15.3 Å². The van der Waals surface area contributed by atoms with Crippen LogP contribution in [0.2, 0.25) is 0 Å². The van der Waals surface area contributed by atoms with Crippen molar-refractivity contribution in [1.29, 1.82) is 0 Å². The van der Waals surface area contributed by atoms with Crippen LogP contribution in [0.4, 0.5) is 0 Å². The Morgan fingerprint density at radius 3 is 2.65 bits per heavy atom. The van der Waals surface area contributed by atoms with Crippen molar-refractivity contribution in [2.45, 2.75) is 58.1 Å². The van der Waals surface area contributed by atoms with E-state index in [4.69, 9.17) is 0 Å². The van der Waals surface area contributed by atoms with Crippen LogP contribution in [0.5, 0.6) is 0 Å². The number of hydrogen-bond acceptors (Lipinski definition) is 3. The summed E-state index contributed by atoms with van der Waals surface area (Å²) in [4.78, 5) is 2.28. The molecule has 2 N–H and O–H groups in total. The predicted octanol–water partition coefficient (Wildman–Crippen LogP) is 1.86. The van der Waals surface area contributed by atoms with Crippen LogP contribution in [0.15, 0.2) is 0 Å². The van der Waals surface area contributed by atoms with Crippen molar-refractivity contribution < 1.29 is 5.11 Å². The Morgan fingerprint density at radius 2 is 2.00 bits per heavy atom. The van der Waals surface area contributed by atoms with E-state index in [0.717, 1.165) is 25.6 Å². The van der Waals surface area contributed by atoms with E-state index in [-0.39, 0.29) is 6.10 Å². The summed E-state index contributed by atoms with van der Waals surface area (Å²) in [5, 5.41) is 13.1. The number of aliphatic hydroxyl groups is 1. The van der Waals surface area contributed by atoms with Crippen molar-refractivity contribution in [3.63, 3.8) is 0 Å². The standard InChI is InChI=1S/C14H30N2O/c1-4-15-14-9-7-5-6-8-13(14)11-16(3)10-12(2)17/h12-15,17H,4-11H2,1-3H3. The van der Waals surface area contributed by atoms with Crippen LogP contribution in [-0.2, 0) is 0 Å².